The molecule has 3 N–H and O–H groups in total. The smallest absolute Gasteiger partial charge is 0.191 e. The Labute approximate surface area is 183 Å². The molecule has 0 spiro atoms. The number of nitrogens with one attached hydrogen (secondary N) is 2. The molecule has 1 unspecified atom stereocenters. The molecule has 0 radical (unpaired) electrons. The molecular weight excluding hydrogens is 396 g/mol. The zero-order chi connectivity index (χ0) is 21.4. The molecule has 1 aliphatic rings. The summed E-state index contributed by atoms with van der Waals surface area (Å²) in [5.74, 6) is 1.73. The molecule has 30 heavy (non-hydrogen) atoms. The van der Waals surface area contributed by atoms with E-state index in [1.54, 1.807) is 11.3 Å². The Morgan fingerprint density at radius 2 is 2.00 bits per heavy atom. The molecule has 1 saturated heterocycles. The van der Waals surface area contributed by atoms with E-state index in [0.717, 1.165) is 56.2 Å². The Kier molecular flexibility index (Phi) is 8.07. The monoisotopic (exact) mass is 430 g/mol. The molecule has 3 heterocycles. The van der Waals surface area contributed by atoms with Gasteiger partial charge in [-0.05, 0) is 54.4 Å². The summed E-state index contributed by atoms with van der Waals surface area (Å²) in [5, 5.41) is 21.1. The van der Waals surface area contributed by atoms with E-state index in [1.165, 1.54) is 0 Å². The number of aromatic nitrogens is 1. The quantitative estimate of drug-likeness (QED) is 0.441. The average Bonchev–Trinajstić information content (AvgIpc) is 3.32. The maximum atomic E-state index is 10.7. The van der Waals surface area contributed by atoms with Gasteiger partial charge in [0, 0.05) is 38.9 Å². The molecule has 1 aliphatic heterocycles. The molecule has 0 amide bonds. The Bertz CT molecular complexity index is 782. The summed E-state index contributed by atoms with van der Waals surface area (Å²) in [6.45, 7) is 13.1. The van der Waals surface area contributed by atoms with E-state index in [0.29, 0.717) is 19.0 Å². The molecule has 7 nitrogen and oxygen atoms in total. The van der Waals surface area contributed by atoms with Gasteiger partial charge in [-0.25, -0.2) is 9.98 Å². The van der Waals surface area contributed by atoms with Crippen LogP contribution in [0.4, 0.5) is 5.82 Å². The highest BCUT2D eigenvalue weighted by molar-refractivity contribution is 7.08. The summed E-state index contributed by atoms with van der Waals surface area (Å²) in [6, 6.07) is 6.14. The van der Waals surface area contributed by atoms with Gasteiger partial charge in [-0.3, -0.25) is 0 Å². The second kappa shape index (κ2) is 10.7. The van der Waals surface area contributed by atoms with E-state index < -0.39 is 5.60 Å². The molecule has 3 rings (SSSR count). The van der Waals surface area contributed by atoms with Crippen molar-refractivity contribution in [2.24, 2.45) is 4.99 Å². The minimum Gasteiger partial charge on any atom is -0.384 e. The fourth-order valence-electron chi connectivity index (χ4n) is 3.43. The van der Waals surface area contributed by atoms with Crippen LogP contribution in [0, 0.1) is 0 Å². The van der Waals surface area contributed by atoms with Crippen molar-refractivity contribution in [3.8, 4) is 0 Å². The van der Waals surface area contributed by atoms with Crippen molar-refractivity contribution in [2.75, 3.05) is 50.7 Å². The van der Waals surface area contributed by atoms with Crippen molar-refractivity contribution >= 4 is 23.1 Å². The average molecular weight is 431 g/mol. The first kappa shape index (κ1) is 22.5. The SMILES string of the molecule is CCNC(=NCc1ccc(N2CCN(CC)CC2)nc1)NCC(C)(O)c1ccsc1. The predicted molar refractivity (Wildman–Crippen MR) is 125 cm³/mol. The van der Waals surface area contributed by atoms with Crippen molar-refractivity contribution in [3.63, 3.8) is 0 Å². The molecule has 2 aromatic rings. The lowest BCUT2D eigenvalue weighted by Gasteiger charge is -2.34. The summed E-state index contributed by atoms with van der Waals surface area (Å²) in [6.07, 6.45) is 1.91. The van der Waals surface area contributed by atoms with E-state index in [9.17, 15) is 5.11 Å². The third-order valence-electron chi connectivity index (χ3n) is 5.46. The van der Waals surface area contributed by atoms with Gasteiger partial charge in [0.1, 0.15) is 11.4 Å². The Morgan fingerprint density at radius 1 is 1.20 bits per heavy atom. The number of rotatable bonds is 8. The second-order valence-corrected chi connectivity index (χ2v) is 8.56. The molecule has 0 aliphatic carbocycles. The normalized spacial score (nSPS) is 17.6. The molecular formula is C22H34N6OS. The standard InChI is InChI=1S/C22H34N6OS/c1-4-23-21(26-17-22(3,29)19-8-13-30-16-19)25-15-18-6-7-20(24-14-18)28-11-9-27(5-2)10-12-28/h6-8,13-14,16,29H,4-5,9-12,15,17H2,1-3H3,(H2,23,25,26). The van der Waals surface area contributed by atoms with E-state index in [4.69, 9.17) is 0 Å². The maximum Gasteiger partial charge on any atom is 0.191 e. The first-order chi connectivity index (χ1) is 14.5. The van der Waals surface area contributed by atoms with Gasteiger partial charge >= 0.3 is 0 Å². The third-order valence-corrected chi connectivity index (χ3v) is 6.14. The van der Waals surface area contributed by atoms with Gasteiger partial charge < -0.3 is 25.5 Å². The first-order valence-corrected chi connectivity index (χ1v) is 11.7. The van der Waals surface area contributed by atoms with E-state index in [2.05, 4.69) is 49.5 Å². The van der Waals surface area contributed by atoms with Crippen LogP contribution in [-0.2, 0) is 12.1 Å². The molecule has 0 bridgehead atoms. The third kappa shape index (κ3) is 6.17. The number of thiophene rings is 1. The largest absolute Gasteiger partial charge is 0.384 e. The van der Waals surface area contributed by atoms with Crippen molar-refractivity contribution in [1.29, 1.82) is 0 Å². The van der Waals surface area contributed by atoms with Crippen LogP contribution in [0.1, 0.15) is 31.9 Å². The highest BCUT2D eigenvalue weighted by atomic mass is 32.1. The summed E-state index contributed by atoms with van der Waals surface area (Å²) >= 11 is 1.58. The van der Waals surface area contributed by atoms with Gasteiger partial charge in [-0.2, -0.15) is 11.3 Å². The first-order valence-electron chi connectivity index (χ1n) is 10.7. The van der Waals surface area contributed by atoms with Gasteiger partial charge in [-0.1, -0.05) is 13.0 Å². The Hall–Kier alpha value is -2.16. The van der Waals surface area contributed by atoms with Gasteiger partial charge in [0.15, 0.2) is 5.96 Å². The fourth-order valence-corrected chi connectivity index (χ4v) is 4.21. The van der Waals surface area contributed by atoms with E-state index in [1.807, 2.05) is 36.9 Å². The van der Waals surface area contributed by atoms with Gasteiger partial charge in [0.25, 0.3) is 0 Å². The van der Waals surface area contributed by atoms with E-state index in [-0.39, 0.29) is 0 Å². The minimum absolute atomic E-state index is 0.385. The van der Waals surface area contributed by atoms with Gasteiger partial charge in [0.05, 0.1) is 13.1 Å². The zero-order valence-electron chi connectivity index (χ0n) is 18.3. The van der Waals surface area contributed by atoms with Crippen molar-refractivity contribution in [3.05, 3.63) is 46.3 Å². The second-order valence-electron chi connectivity index (χ2n) is 7.78. The maximum absolute atomic E-state index is 10.7. The lowest BCUT2D eigenvalue weighted by molar-refractivity contribution is 0.0621. The minimum atomic E-state index is -0.943. The molecule has 2 aromatic heterocycles. The van der Waals surface area contributed by atoms with Crippen molar-refractivity contribution in [1.82, 2.24) is 20.5 Å². The van der Waals surface area contributed by atoms with Gasteiger partial charge in [-0.15, -0.1) is 0 Å². The van der Waals surface area contributed by atoms with Crippen molar-refractivity contribution in [2.45, 2.75) is 32.9 Å². The molecule has 8 heteroatoms. The predicted octanol–water partition coefficient (Wildman–Crippen LogP) is 2.25. The summed E-state index contributed by atoms with van der Waals surface area (Å²) in [5.41, 5.74) is 1.03. The van der Waals surface area contributed by atoms with Crippen LogP contribution in [0.15, 0.2) is 40.1 Å². The lowest BCUT2D eigenvalue weighted by atomic mass is 9.99. The topological polar surface area (TPSA) is 76.0 Å². The number of aliphatic imine (C=N–C) groups is 1. The number of likely N-dealkylation sites (N-methyl/N-ethyl adjacent to an activating group) is 1. The highest BCUT2D eigenvalue weighted by Gasteiger charge is 2.23. The Balaban J connectivity index is 1.55. The van der Waals surface area contributed by atoms with Crippen LogP contribution in [-0.4, -0.2) is 66.8 Å². The highest BCUT2D eigenvalue weighted by Crippen LogP contribution is 2.22. The number of aliphatic hydroxyl groups is 1. The summed E-state index contributed by atoms with van der Waals surface area (Å²) in [7, 11) is 0. The van der Waals surface area contributed by atoms with Crippen molar-refractivity contribution < 1.29 is 5.11 Å². The number of piperazine rings is 1. The molecule has 0 aromatic carbocycles. The zero-order valence-corrected chi connectivity index (χ0v) is 19.1. The van der Waals surface area contributed by atoms with Gasteiger partial charge in [0.2, 0.25) is 0 Å². The molecule has 1 fully saturated rings. The number of anilines is 1. The van der Waals surface area contributed by atoms with Crippen LogP contribution >= 0.6 is 11.3 Å². The van der Waals surface area contributed by atoms with Crippen LogP contribution in [0.5, 0.6) is 0 Å². The number of pyridine rings is 1. The fraction of sp³-hybridized carbons (Fsp3) is 0.545. The lowest BCUT2D eigenvalue weighted by Crippen LogP contribution is -2.46. The van der Waals surface area contributed by atoms with Crippen LogP contribution in [0.2, 0.25) is 0 Å². The Morgan fingerprint density at radius 3 is 2.60 bits per heavy atom. The number of hydrogen-bond acceptors (Lipinski definition) is 6. The molecule has 164 valence electrons. The number of nitrogens with zero attached hydrogens (tertiary/aromatic N) is 4. The summed E-state index contributed by atoms with van der Waals surface area (Å²) < 4.78 is 0. The number of guanidine groups is 1. The summed E-state index contributed by atoms with van der Waals surface area (Å²) in [4.78, 5) is 14.1. The molecule has 1 atom stereocenters. The van der Waals surface area contributed by atoms with Crippen LogP contribution < -0.4 is 15.5 Å². The number of hydrogen-bond donors (Lipinski definition) is 3. The molecule has 0 saturated carbocycles. The van der Waals surface area contributed by atoms with Crippen LogP contribution in [0.25, 0.3) is 0 Å². The van der Waals surface area contributed by atoms with Crippen LogP contribution in [0.3, 0.4) is 0 Å². The van der Waals surface area contributed by atoms with E-state index >= 15 is 0 Å².